The van der Waals surface area contributed by atoms with Gasteiger partial charge in [-0.2, -0.15) is 0 Å². The number of halogens is 8. The molecule has 2 aliphatic heterocycles. The van der Waals surface area contributed by atoms with Gasteiger partial charge in [0, 0.05) is 6.92 Å². The summed E-state index contributed by atoms with van der Waals surface area (Å²) in [6.07, 6.45) is 14.3. The summed E-state index contributed by atoms with van der Waals surface area (Å²) in [7, 11) is -12.0. The summed E-state index contributed by atoms with van der Waals surface area (Å²) in [5.74, 6) is 0. The number of hydrogen-bond acceptors (Lipinski definition) is 1. The minimum atomic E-state index is -6.00. The van der Waals surface area contributed by atoms with Crippen molar-refractivity contribution in [2.75, 3.05) is 52.4 Å². The maximum Gasteiger partial charge on any atom is 0.673 e. The molecule has 2 saturated heterocycles. The summed E-state index contributed by atoms with van der Waals surface area (Å²) in [6, 6.07) is 0. The Bertz CT molecular complexity index is 503. The number of ether oxygens (including phenoxy) is 1. The fraction of sp³-hybridized carbons (Fsp3) is 1.00. The Labute approximate surface area is 206 Å². The maximum absolute atomic E-state index is 9.75. The highest BCUT2D eigenvalue weighted by Crippen LogP contribution is 2.26. The van der Waals surface area contributed by atoms with Crippen molar-refractivity contribution in [2.24, 2.45) is 0 Å². The molecule has 0 aromatic carbocycles. The van der Waals surface area contributed by atoms with Crippen LogP contribution in [0, 0.1) is 0 Å². The molecule has 0 radical (unpaired) electrons. The zero-order chi connectivity index (χ0) is 27.0. The zero-order valence-corrected chi connectivity index (χ0v) is 21.8. The fourth-order valence-electron chi connectivity index (χ4n) is 5.19. The van der Waals surface area contributed by atoms with E-state index in [1.165, 1.54) is 119 Å². The number of likely N-dealkylation sites (tertiary alicyclic amines) is 2. The van der Waals surface area contributed by atoms with E-state index < -0.39 is 14.5 Å². The highest BCUT2D eigenvalue weighted by Gasteiger charge is 2.36. The van der Waals surface area contributed by atoms with Gasteiger partial charge in [-0.3, -0.25) is 4.48 Å². The molecule has 212 valence electrons. The van der Waals surface area contributed by atoms with E-state index in [1.54, 1.807) is 0 Å². The smallest absolute Gasteiger partial charge is 0.418 e. The van der Waals surface area contributed by atoms with Crippen LogP contribution in [0.15, 0.2) is 0 Å². The average molecular weight is 528 g/mol. The molecule has 0 aliphatic carbocycles. The van der Waals surface area contributed by atoms with Gasteiger partial charge in [-0.05, 0) is 51.4 Å². The molecule has 2 fully saturated rings. The van der Waals surface area contributed by atoms with Crippen LogP contribution >= 0.6 is 0 Å². The molecule has 0 aromatic heterocycles. The first-order chi connectivity index (χ1) is 16.2. The molecule has 1 unspecified atom stereocenters. The first kappa shape index (κ1) is 34.4. The number of nitrogens with zero attached hydrogens (tertiary/aromatic N) is 2. The lowest BCUT2D eigenvalue weighted by Gasteiger charge is -2.46. The Morgan fingerprint density at radius 1 is 0.629 bits per heavy atom. The molecule has 0 aromatic rings. The van der Waals surface area contributed by atoms with Crippen LogP contribution in [0.4, 0.5) is 34.5 Å². The van der Waals surface area contributed by atoms with Gasteiger partial charge >= 0.3 is 14.5 Å². The predicted octanol–water partition coefficient (Wildman–Crippen LogP) is 7.55. The van der Waals surface area contributed by atoms with Crippen LogP contribution in [0.3, 0.4) is 0 Å². The third-order valence-electron chi connectivity index (χ3n) is 7.11. The summed E-state index contributed by atoms with van der Waals surface area (Å²) < 4.78 is 87.1. The van der Waals surface area contributed by atoms with Gasteiger partial charge in [0.05, 0.1) is 39.3 Å². The van der Waals surface area contributed by atoms with Crippen LogP contribution in [-0.2, 0) is 4.74 Å². The third kappa shape index (κ3) is 18.4. The second-order valence-electron chi connectivity index (χ2n) is 9.91. The van der Waals surface area contributed by atoms with E-state index in [2.05, 4.69) is 20.8 Å². The van der Waals surface area contributed by atoms with Crippen molar-refractivity contribution in [1.82, 2.24) is 0 Å². The second-order valence-corrected chi connectivity index (χ2v) is 9.91. The molecule has 0 saturated carbocycles. The first-order valence-electron chi connectivity index (χ1n) is 13.2. The molecule has 0 bridgehead atoms. The average Bonchev–Trinajstić information content (AvgIpc) is 2.75. The first-order valence-corrected chi connectivity index (χ1v) is 13.2. The van der Waals surface area contributed by atoms with Crippen LogP contribution in [-0.4, -0.2) is 82.1 Å². The lowest BCUT2D eigenvalue weighted by atomic mass is 10.1. The van der Waals surface area contributed by atoms with Crippen LogP contribution in [0.1, 0.15) is 85.0 Å². The number of unbranched alkanes of at least 4 members (excludes halogenated alkanes) is 2. The normalized spacial score (nSPS) is 20.7. The quantitative estimate of drug-likeness (QED) is 0.153. The molecule has 35 heavy (non-hydrogen) atoms. The summed E-state index contributed by atoms with van der Waals surface area (Å²) >= 11 is 0. The van der Waals surface area contributed by atoms with Gasteiger partial charge in [0.15, 0.2) is 6.23 Å². The topological polar surface area (TPSA) is 9.23 Å². The predicted molar refractivity (Wildman–Crippen MR) is 128 cm³/mol. The van der Waals surface area contributed by atoms with Crippen molar-refractivity contribution in [3.05, 3.63) is 0 Å². The second kappa shape index (κ2) is 17.1. The molecule has 0 amide bonds. The Balaban J connectivity index is 0.000000975. The van der Waals surface area contributed by atoms with E-state index in [0.717, 1.165) is 6.61 Å². The molecule has 2 heterocycles. The van der Waals surface area contributed by atoms with Crippen molar-refractivity contribution in [3.8, 4) is 0 Å². The zero-order valence-electron chi connectivity index (χ0n) is 21.8. The lowest BCUT2D eigenvalue weighted by molar-refractivity contribution is -0.976. The standard InChI is InChI=1S/C22H46N2O.2BF4/c1-4-6-14-23(15-10-8-11-16-23)20-21-25-22(3)24(17-7-5-2)18-12-9-13-19-24;2*2-1(3,4)5/h22H,4-21H2,1-3H3;;/q+2;2*-1. The Morgan fingerprint density at radius 3 is 1.46 bits per heavy atom. The molecule has 1 atom stereocenters. The Morgan fingerprint density at radius 2 is 1.03 bits per heavy atom. The molecule has 2 aliphatic rings. The van der Waals surface area contributed by atoms with E-state index in [-0.39, 0.29) is 0 Å². The van der Waals surface area contributed by atoms with Gasteiger partial charge < -0.3 is 43.7 Å². The summed E-state index contributed by atoms with van der Waals surface area (Å²) in [4.78, 5) is 0. The van der Waals surface area contributed by atoms with Gasteiger partial charge in [-0.25, -0.2) is 0 Å². The minimum absolute atomic E-state index is 0.392. The van der Waals surface area contributed by atoms with Gasteiger partial charge in [-0.15, -0.1) is 0 Å². The van der Waals surface area contributed by atoms with Gasteiger partial charge in [-0.1, -0.05) is 26.7 Å². The fourth-order valence-corrected chi connectivity index (χ4v) is 5.19. The lowest BCUT2D eigenvalue weighted by Crippen LogP contribution is -2.59. The van der Waals surface area contributed by atoms with Crippen molar-refractivity contribution < 1.29 is 48.2 Å². The molecule has 13 heteroatoms. The molecule has 3 nitrogen and oxygen atoms in total. The largest absolute Gasteiger partial charge is 0.673 e. The van der Waals surface area contributed by atoms with Crippen molar-refractivity contribution >= 4 is 14.5 Å². The number of piperidine rings is 2. The number of rotatable bonds is 11. The summed E-state index contributed by atoms with van der Waals surface area (Å²) in [5, 5.41) is 0. The summed E-state index contributed by atoms with van der Waals surface area (Å²) in [6.45, 7) is 17.4. The van der Waals surface area contributed by atoms with E-state index in [0.29, 0.717) is 6.23 Å². The minimum Gasteiger partial charge on any atom is -0.418 e. The van der Waals surface area contributed by atoms with Gasteiger partial charge in [0.2, 0.25) is 0 Å². The molecular formula is C22H46B2F8N2O. The van der Waals surface area contributed by atoms with Crippen LogP contribution in [0.5, 0.6) is 0 Å². The molecule has 2 rings (SSSR count). The summed E-state index contributed by atoms with van der Waals surface area (Å²) in [5.41, 5.74) is 0. The highest BCUT2D eigenvalue weighted by molar-refractivity contribution is 6.50. The van der Waals surface area contributed by atoms with Crippen molar-refractivity contribution in [1.29, 1.82) is 0 Å². The Hall–Kier alpha value is -0.550. The van der Waals surface area contributed by atoms with Crippen LogP contribution in [0.25, 0.3) is 0 Å². The van der Waals surface area contributed by atoms with E-state index >= 15 is 0 Å². The Kier molecular flexibility index (Phi) is 16.8. The molecule has 0 N–H and O–H groups in total. The molecular weight excluding hydrogens is 482 g/mol. The van der Waals surface area contributed by atoms with Crippen molar-refractivity contribution in [3.63, 3.8) is 0 Å². The van der Waals surface area contributed by atoms with Gasteiger partial charge in [0.25, 0.3) is 0 Å². The number of hydrogen-bond donors (Lipinski definition) is 0. The third-order valence-corrected chi connectivity index (χ3v) is 7.11. The van der Waals surface area contributed by atoms with Crippen LogP contribution < -0.4 is 0 Å². The molecule has 0 spiro atoms. The monoisotopic (exact) mass is 528 g/mol. The van der Waals surface area contributed by atoms with E-state index in [9.17, 15) is 34.5 Å². The highest BCUT2D eigenvalue weighted by atomic mass is 19.5. The number of quaternary nitrogens is 2. The maximum atomic E-state index is 9.75. The van der Waals surface area contributed by atoms with Crippen molar-refractivity contribution in [2.45, 2.75) is 91.2 Å². The van der Waals surface area contributed by atoms with E-state index in [1.807, 2.05) is 0 Å². The van der Waals surface area contributed by atoms with Gasteiger partial charge in [0.1, 0.15) is 13.2 Å². The SMILES string of the molecule is CCCC[N+]1(CCOC(C)[N+]2(CCCC)CCCCC2)CCCCC1.F[B-](F)(F)F.F[B-](F)(F)F. The van der Waals surface area contributed by atoms with E-state index in [4.69, 9.17) is 4.74 Å². The van der Waals surface area contributed by atoms with Crippen LogP contribution in [0.2, 0.25) is 0 Å².